The molecular weight excluding hydrogens is 422 g/mol. The van der Waals surface area contributed by atoms with Gasteiger partial charge in [-0.15, -0.1) is 0 Å². The Morgan fingerprint density at radius 3 is 2.61 bits per heavy atom. The van der Waals surface area contributed by atoms with Gasteiger partial charge in [0.05, 0.1) is 17.0 Å². The van der Waals surface area contributed by atoms with Gasteiger partial charge in [0.25, 0.3) is 5.91 Å². The lowest BCUT2D eigenvalue weighted by molar-refractivity contribution is 0.0708. The van der Waals surface area contributed by atoms with Crippen molar-refractivity contribution in [2.24, 2.45) is 0 Å². The summed E-state index contributed by atoms with van der Waals surface area (Å²) in [6, 6.07) is 12.7. The summed E-state index contributed by atoms with van der Waals surface area (Å²) in [6.07, 6.45) is 0.678. The van der Waals surface area contributed by atoms with Gasteiger partial charge in [-0.1, -0.05) is 45.8 Å². The molecule has 0 aliphatic carbocycles. The largest absolute Gasteiger partial charge is 0.450 e. The fourth-order valence-electron chi connectivity index (χ4n) is 3.70. The third-order valence-corrected chi connectivity index (χ3v) is 5.56. The standard InChI is InChI=1S/C22H20BrNO4/c1-13-4-6-14(7-5-13)19-18-20(25)16-12-15(23)8-9-17(16)28-21(18)22(26)24(19)10-3-11-27-2/h4-9,12,19H,3,10-11H2,1-2H3. The number of hydrogen-bond acceptors (Lipinski definition) is 4. The van der Waals surface area contributed by atoms with Crippen LogP contribution in [0.2, 0.25) is 0 Å². The third kappa shape index (κ3) is 3.16. The predicted molar refractivity (Wildman–Crippen MR) is 111 cm³/mol. The van der Waals surface area contributed by atoms with Gasteiger partial charge in [-0.05, 0) is 37.1 Å². The number of amides is 1. The summed E-state index contributed by atoms with van der Waals surface area (Å²) in [6.45, 7) is 3.03. The van der Waals surface area contributed by atoms with Gasteiger partial charge in [0, 0.05) is 24.7 Å². The Labute approximate surface area is 171 Å². The van der Waals surface area contributed by atoms with Crippen molar-refractivity contribution in [2.45, 2.75) is 19.4 Å². The summed E-state index contributed by atoms with van der Waals surface area (Å²) in [7, 11) is 1.63. The van der Waals surface area contributed by atoms with Gasteiger partial charge < -0.3 is 14.1 Å². The lowest BCUT2D eigenvalue weighted by Gasteiger charge is -2.25. The summed E-state index contributed by atoms with van der Waals surface area (Å²) in [5.74, 6) is -0.110. The maximum absolute atomic E-state index is 13.4. The van der Waals surface area contributed by atoms with Gasteiger partial charge in [0.2, 0.25) is 5.76 Å². The Bertz CT molecular complexity index is 1100. The van der Waals surface area contributed by atoms with Crippen molar-refractivity contribution >= 4 is 32.8 Å². The molecule has 28 heavy (non-hydrogen) atoms. The number of halogens is 1. The first kappa shape index (κ1) is 18.9. The van der Waals surface area contributed by atoms with Crippen LogP contribution < -0.4 is 5.43 Å². The van der Waals surface area contributed by atoms with E-state index in [-0.39, 0.29) is 17.1 Å². The maximum Gasteiger partial charge on any atom is 0.290 e. The molecule has 1 unspecified atom stereocenters. The van der Waals surface area contributed by atoms with E-state index in [2.05, 4.69) is 15.9 Å². The minimum atomic E-state index is -0.459. The molecule has 4 rings (SSSR count). The molecule has 0 bridgehead atoms. The molecule has 0 spiro atoms. The van der Waals surface area contributed by atoms with Crippen molar-refractivity contribution in [1.82, 2.24) is 4.90 Å². The summed E-state index contributed by atoms with van der Waals surface area (Å²) in [4.78, 5) is 28.2. The van der Waals surface area contributed by atoms with Crippen LogP contribution in [0.25, 0.3) is 11.0 Å². The second-order valence-electron chi connectivity index (χ2n) is 6.97. The zero-order valence-electron chi connectivity index (χ0n) is 15.7. The van der Waals surface area contributed by atoms with Crippen molar-refractivity contribution in [3.63, 3.8) is 0 Å². The zero-order chi connectivity index (χ0) is 19.8. The number of carbonyl (C=O) groups is 1. The normalized spacial score (nSPS) is 16.0. The molecule has 0 saturated carbocycles. The number of hydrogen-bond donors (Lipinski definition) is 0. The Kier molecular flexibility index (Phi) is 5.08. The van der Waals surface area contributed by atoms with Crippen LogP contribution in [0.5, 0.6) is 0 Å². The van der Waals surface area contributed by atoms with Crippen LogP contribution in [0.1, 0.15) is 39.7 Å². The fraction of sp³-hybridized carbons (Fsp3) is 0.273. The van der Waals surface area contributed by atoms with E-state index in [1.165, 1.54) is 0 Å². The minimum Gasteiger partial charge on any atom is -0.450 e. The van der Waals surface area contributed by atoms with E-state index in [0.717, 1.165) is 15.6 Å². The summed E-state index contributed by atoms with van der Waals surface area (Å²) >= 11 is 3.41. The number of benzene rings is 2. The number of carbonyl (C=O) groups excluding carboxylic acids is 1. The number of rotatable bonds is 5. The van der Waals surface area contributed by atoms with Gasteiger partial charge in [-0.2, -0.15) is 0 Å². The van der Waals surface area contributed by atoms with E-state index in [9.17, 15) is 9.59 Å². The Hall–Kier alpha value is -2.44. The Balaban J connectivity index is 1.92. The van der Waals surface area contributed by atoms with Gasteiger partial charge in [-0.25, -0.2) is 0 Å². The van der Waals surface area contributed by atoms with Gasteiger partial charge in [0.1, 0.15) is 5.58 Å². The third-order valence-electron chi connectivity index (χ3n) is 5.07. The smallest absolute Gasteiger partial charge is 0.290 e. The van der Waals surface area contributed by atoms with Crippen LogP contribution >= 0.6 is 15.9 Å². The fourth-order valence-corrected chi connectivity index (χ4v) is 4.06. The molecular formula is C22H20BrNO4. The molecule has 0 radical (unpaired) electrons. The molecule has 1 atom stereocenters. The van der Waals surface area contributed by atoms with Crippen LogP contribution in [0.15, 0.2) is 56.1 Å². The molecule has 1 amide bonds. The highest BCUT2D eigenvalue weighted by Crippen LogP contribution is 2.38. The molecule has 2 aromatic carbocycles. The van der Waals surface area contributed by atoms with Crippen LogP contribution in [0, 0.1) is 6.92 Å². The Morgan fingerprint density at radius 2 is 1.89 bits per heavy atom. The monoisotopic (exact) mass is 441 g/mol. The molecule has 0 saturated heterocycles. The molecule has 6 heteroatoms. The molecule has 144 valence electrons. The number of ether oxygens (including phenoxy) is 1. The molecule has 0 fully saturated rings. The average Bonchev–Trinajstić information content (AvgIpc) is 2.96. The van der Waals surface area contributed by atoms with E-state index in [4.69, 9.17) is 9.15 Å². The summed E-state index contributed by atoms with van der Waals surface area (Å²) in [5.41, 5.74) is 2.69. The lowest BCUT2D eigenvalue weighted by Crippen LogP contribution is -2.31. The van der Waals surface area contributed by atoms with E-state index in [0.29, 0.717) is 36.1 Å². The Morgan fingerprint density at radius 1 is 1.14 bits per heavy atom. The van der Waals surface area contributed by atoms with Crippen LogP contribution in [-0.2, 0) is 4.74 Å². The first-order valence-corrected chi connectivity index (χ1v) is 9.93. The van der Waals surface area contributed by atoms with E-state index >= 15 is 0 Å². The quantitative estimate of drug-likeness (QED) is 0.548. The summed E-state index contributed by atoms with van der Waals surface area (Å²) < 4.78 is 11.9. The molecule has 5 nitrogen and oxygen atoms in total. The van der Waals surface area contributed by atoms with Crippen molar-refractivity contribution in [1.29, 1.82) is 0 Å². The second kappa shape index (κ2) is 7.53. The zero-order valence-corrected chi connectivity index (χ0v) is 17.3. The molecule has 2 heterocycles. The first-order valence-electron chi connectivity index (χ1n) is 9.14. The van der Waals surface area contributed by atoms with Crippen LogP contribution in [0.4, 0.5) is 0 Å². The van der Waals surface area contributed by atoms with Crippen LogP contribution in [-0.4, -0.2) is 31.1 Å². The predicted octanol–water partition coefficient (Wildman–Crippen LogP) is 4.45. The van der Waals surface area contributed by atoms with Crippen molar-refractivity contribution in [3.05, 3.63) is 79.6 Å². The number of fused-ring (bicyclic) bond motifs is 2. The van der Waals surface area contributed by atoms with E-state index < -0.39 is 6.04 Å². The number of aryl methyl sites for hydroxylation is 1. The highest BCUT2D eigenvalue weighted by Gasteiger charge is 2.42. The molecule has 3 aromatic rings. The molecule has 1 aromatic heterocycles. The molecule has 1 aliphatic heterocycles. The SMILES string of the molecule is COCCCN1C(=O)c2oc3ccc(Br)cc3c(=O)c2C1c1ccc(C)cc1. The van der Waals surface area contributed by atoms with E-state index in [1.54, 1.807) is 30.2 Å². The second-order valence-corrected chi connectivity index (χ2v) is 7.89. The van der Waals surface area contributed by atoms with Crippen LogP contribution in [0.3, 0.4) is 0 Å². The lowest BCUT2D eigenvalue weighted by atomic mass is 9.97. The molecule has 1 aliphatic rings. The highest BCUT2D eigenvalue weighted by atomic mass is 79.9. The number of methoxy groups -OCH3 is 1. The number of nitrogens with zero attached hydrogens (tertiary/aromatic N) is 1. The topological polar surface area (TPSA) is 59.8 Å². The summed E-state index contributed by atoms with van der Waals surface area (Å²) in [5, 5.41) is 0.469. The van der Waals surface area contributed by atoms with Gasteiger partial charge >= 0.3 is 0 Å². The van der Waals surface area contributed by atoms with Gasteiger partial charge in [-0.3, -0.25) is 9.59 Å². The maximum atomic E-state index is 13.4. The van der Waals surface area contributed by atoms with Gasteiger partial charge in [0.15, 0.2) is 5.43 Å². The first-order chi connectivity index (χ1) is 13.5. The minimum absolute atomic E-state index is 0.141. The van der Waals surface area contributed by atoms with Crippen molar-refractivity contribution in [2.75, 3.05) is 20.3 Å². The molecule has 0 N–H and O–H groups in total. The van der Waals surface area contributed by atoms with Crippen molar-refractivity contribution in [3.8, 4) is 0 Å². The highest BCUT2D eigenvalue weighted by molar-refractivity contribution is 9.10. The van der Waals surface area contributed by atoms with E-state index in [1.807, 2.05) is 31.2 Å². The average molecular weight is 442 g/mol. The van der Waals surface area contributed by atoms with Crippen molar-refractivity contribution < 1.29 is 13.9 Å².